The van der Waals surface area contributed by atoms with Gasteiger partial charge in [0.15, 0.2) is 5.69 Å². The van der Waals surface area contributed by atoms with Crippen molar-refractivity contribution in [3.05, 3.63) is 30.1 Å². The van der Waals surface area contributed by atoms with Crippen LogP contribution in [0, 0.1) is 5.92 Å². The number of carboxylic acids is 1. The first-order valence-electron chi connectivity index (χ1n) is 7.37. The topological polar surface area (TPSA) is 118 Å². The molecule has 0 saturated carbocycles. The average molecular weight is 353 g/mol. The second kappa shape index (κ2) is 6.60. The molecule has 0 bridgehead atoms. The summed E-state index contributed by atoms with van der Waals surface area (Å²) in [7, 11) is -3.65. The molecule has 1 amide bonds. The van der Waals surface area contributed by atoms with Crippen molar-refractivity contribution < 1.29 is 23.1 Å². The van der Waals surface area contributed by atoms with Gasteiger partial charge in [-0.15, -0.1) is 0 Å². The van der Waals surface area contributed by atoms with Crippen molar-refractivity contribution in [2.24, 2.45) is 5.92 Å². The number of aliphatic carboxylic acids is 1. The van der Waals surface area contributed by atoms with Crippen LogP contribution in [-0.4, -0.2) is 47.1 Å². The Bertz CT molecular complexity index is 888. The number of sulfone groups is 1. The Hall–Kier alpha value is -2.42. The van der Waals surface area contributed by atoms with Gasteiger partial charge in [-0.05, 0) is 18.1 Å². The lowest BCUT2D eigenvalue weighted by Crippen LogP contribution is -2.45. The maximum absolute atomic E-state index is 12.5. The van der Waals surface area contributed by atoms with Crippen LogP contribution < -0.4 is 5.32 Å². The predicted octanol–water partition coefficient (Wildman–Crippen LogP) is 0.967. The zero-order chi connectivity index (χ0) is 18.1. The minimum atomic E-state index is -3.65. The number of pyridine rings is 1. The summed E-state index contributed by atoms with van der Waals surface area (Å²) in [5.74, 6) is -2.15. The quantitative estimate of drug-likeness (QED) is 0.799. The van der Waals surface area contributed by atoms with Gasteiger partial charge in [0.05, 0.1) is 5.52 Å². The van der Waals surface area contributed by atoms with E-state index < -0.39 is 27.8 Å². The minimum Gasteiger partial charge on any atom is -0.480 e. The number of carbonyl (C=O) groups excluding carboxylic acids is 1. The molecule has 2 rings (SSSR count). The second-order valence-corrected chi connectivity index (χ2v) is 7.56. The molecule has 2 N–H and O–H groups in total. The van der Waals surface area contributed by atoms with Crippen molar-refractivity contribution in [1.29, 1.82) is 0 Å². The number of nitrogens with one attached hydrogen (secondary N) is 1. The molecule has 0 fully saturated rings. The van der Waals surface area contributed by atoms with Crippen molar-refractivity contribution >= 4 is 27.2 Å². The number of amides is 1. The highest BCUT2D eigenvalue weighted by Gasteiger charge is 2.29. The first-order valence-corrected chi connectivity index (χ1v) is 9.26. The molecule has 24 heavy (non-hydrogen) atoms. The maximum atomic E-state index is 12.5. The third kappa shape index (κ3) is 3.40. The normalized spacial score (nSPS) is 14.3. The smallest absolute Gasteiger partial charge is 0.326 e. The number of rotatable bonds is 6. The van der Waals surface area contributed by atoms with E-state index in [9.17, 15) is 23.1 Å². The van der Waals surface area contributed by atoms with Gasteiger partial charge in [-0.1, -0.05) is 26.3 Å². The number of aromatic nitrogens is 2. The van der Waals surface area contributed by atoms with Crippen molar-refractivity contribution in [2.45, 2.75) is 31.5 Å². The highest BCUT2D eigenvalue weighted by atomic mass is 32.2. The Balaban J connectivity index is 2.49. The number of hydrogen-bond acceptors (Lipinski definition) is 5. The molecule has 2 atom stereocenters. The van der Waals surface area contributed by atoms with E-state index in [0.717, 1.165) is 6.26 Å². The first kappa shape index (κ1) is 17.9. The molecular weight excluding hydrogens is 334 g/mol. The van der Waals surface area contributed by atoms with Crippen LogP contribution in [0.2, 0.25) is 0 Å². The van der Waals surface area contributed by atoms with Crippen molar-refractivity contribution in [1.82, 2.24) is 14.7 Å². The summed E-state index contributed by atoms with van der Waals surface area (Å²) in [5, 5.41) is 11.4. The van der Waals surface area contributed by atoms with Crippen molar-refractivity contribution in [2.75, 3.05) is 6.26 Å². The molecule has 0 unspecified atom stereocenters. The summed E-state index contributed by atoms with van der Waals surface area (Å²) in [6.07, 6.45) is 3.05. The molecule has 2 heterocycles. The fourth-order valence-corrected chi connectivity index (χ4v) is 3.10. The lowest BCUT2D eigenvalue weighted by molar-refractivity contribution is -0.140. The van der Waals surface area contributed by atoms with Crippen LogP contribution in [0.15, 0.2) is 29.6 Å². The summed E-state index contributed by atoms with van der Waals surface area (Å²) in [6, 6.07) is 3.73. The summed E-state index contributed by atoms with van der Waals surface area (Å²) in [6.45, 7) is 3.53. The highest BCUT2D eigenvalue weighted by Crippen LogP contribution is 2.18. The van der Waals surface area contributed by atoms with Gasteiger partial charge >= 0.3 is 5.97 Å². The maximum Gasteiger partial charge on any atom is 0.326 e. The molecule has 9 heteroatoms. The third-order valence-electron chi connectivity index (χ3n) is 3.83. The summed E-state index contributed by atoms with van der Waals surface area (Å²) in [4.78, 5) is 27.8. The van der Waals surface area contributed by atoms with Crippen molar-refractivity contribution in [3.8, 4) is 0 Å². The molecule has 0 aromatic carbocycles. The van der Waals surface area contributed by atoms with Crippen molar-refractivity contribution in [3.63, 3.8) is 0 Å². The Morgan fingerprint density at radius 1 is 1.38 bits per heavy atom. The monoisotopic (exact) mass is 353 g/mol. The molecule has 0 aliphatic carbocycles. The number of nitrogens with zero attached hydrogens (tertiary/aromatic N) is 2. The lowest BCUT2D eigenvalue weighted by atomic mass is 9.99. The lowest BCUT2D eigenvalue weighted by Gasteiger charge is -2.19. The van der Waals surface area contributed by atoms with E-state index in [0.29, 0.717) is 11.9 Å². The van der Waals surface area contributed by atoms with Gasteiger partial charge in [0, 0.05) is 12.5 Å². The van der Waals surface area contributed by atoms with Gasteiger partial charge in [-0.3, -0.25) is 9.20 Å². The van der Waals surface area contributed by atoms with E-state index in [1.807, 2.05) is 6.92 Å². The molecule has 8 nitrogen and oxygen atoms in total. The Labute approximate surface area is 139 Å². The van der Waals surface area contributed by atoms with Crippen LogP contribution in [0.5, 0.6) is 0 Å². The Morgan fingerprint density at radius 2 is 2.04 bits per heavy atom. The van der Waals surface area contributed by atoms with Gasteiger partial charge in [0.2, 0.25) is 15.0 Å². The van der Waals surface area contributed by atoms with Crippen LogP contribution in [0.4, 0.5) is 0 Å². The third-order valence-corrected chi connectivity index (χ3v) is 4.78. The Morgan fingerprint density at radius 3 is 2.58 bits per heavy atom. The van der Waals surface area contributed by atoms with E-state index in [4.69, 9.17) is 0 Å². The van der Waals surface area contributed by atoms with Crippen LogP contribution in [0.3, 0.4) is 0 Å². The van der Waals surface area contributed by atoms with E-state index in [-0.39, 0.29) is 16.8 Å². The fraction of sp³-hybridized carbons (Fsp3) is 0.400. The molecule has 2 aromatic heterocycles. The summed E-state index contributed by atoms with van der Waals surface area (Å²) in [5.41, 5.74) is 0.175. The molecule has 0 aliphatic rings. The number of fused-ring (bicyclic) bond motifs is 1. The molecule has 0 aliphatic heterocycles. The molecule has 0 radical (unpaired) electrons. The fourth-order valence-electron chi connectivity index (χ4n) is 2.33. The van der Waals surface area contributed by atoms with Gasteiger partial charge in [-0.2, -0.15) is 0 Å². The summed E-state index contributed by atoms with van der Waals surface area (Å²) < 4.78 is 25.0. The number of imidazole rings is 1. The SMILES string of the molecule is CC[C@H](C)[C@H](NC(=O)c1nc(S(C)(=O)=O)n2ccccc12)C(=O)O. The molecule has 130 valence electrons. The van der Waals surface area contributed by atoms with Crippen LogP contribution in [0.25, 0.3) is 5.52 Å². The zero-order valence-electron chi connectivity index (χ0n) is 13.6. The van der Waals surface area contributed by atoms with Gasteiger partial charge in [0.25, 0.3) is 5.91 Å². The molecule has 0 spiro atoms. The standard InChI is InChI=1S/C15H19N3O5S/c1-4-9(2)11(14(20)21)16-13(19)12-10-7-5-6-8-18(10)15(17-12)24(3,22)23/h5-9,11H,4H2,1-3H3,(H,16,19)(H,20,21)/t9-,11-/m0/s1. The second-order valence-electron chi connectivity index (χ2n) is 5.65. The minimum absolute atomic E-state index is 0.120. The summed E-state index contributed by atoms with van der Waals surface area (Å²) >= 11 is 0. The van der Waals surface area contributed by atoms with Gasteiger partial charge in [-0.25, -0.2) is 18.2 Å². The molecule has 0 saturated heterocycles. The Kier molecular flexibility index (Phi) is 4.93. The van der Waals surface area contributed by atoms with E-state index in [1.165, 1.54) is 10.6 Å². The van der Waals surface area contributed by atoms with Crippen LogP contribution >= 0.6 is 0 Å². The van der Waals surface area contributed by atoms with Crippen LogP contribution in [-0.2, 0) is 14.6 Å². The zero-order valence-corrected chi connectivity index (χ0v) is 14.4. The van der Waals surface area contributed by atoms with Crippen LogP contribution in [0.1, 0.15) is 30.8 Å². The van der Waals surface area contributed by atoms with Gasteiger partial charge in [0.1, 0.15) is 6.04 Å². The highest BCUT2D eigenvalue weighted by molar-refractivity contribution is 7.90. The molecular formula is C15H19N3O5S. The number of carboxylic acid groups (broad SMARTS) is 1. The molecule has 2 aromatic rings. The van der Waals surface area contributed by atoms with E-state index >= 15 is 0 Å². The predicted molar refractivity (Wildman–Crippen MR) is 86.6 cm³/mol. The number of carbonyl (C=O) groups is 2. The largest absolute Gasteiger partial charge is 0.480 e. The van der Waals surface area contributed by atoms with Gasteiger partial charge < -0.3 is 10.4 Å². The van der Waals surface area contributed by atoms with E-state index in [1.54, 1.807) is 25.1 Å². The first-order chi connectivity index (χ1) is 11.2. The number of hydrogen-bond donors (Lipinski definition) is 2. The average Bonchev–Trinajstić information content (AvgIpc) is 2.91. The van der Waals surface area contributed by atoms with E-state index in [2.05, 4.69) is 10.3 Å².